The number of β-amino-alcohol motifs (C(OH)–C–C–N with tert-alkyl or cyclic N) is 1. The normalized spacial score (nSPS) is 19.2. The highest BCUT2D eigenvalue weighted by Gasteiger charge is 2.39. The first-order valence-electron chi connectivity index (χ1n) is 8.33. The zero-order chi connectivity index (χ0) is 21.6. The fourth-order valence-electron chi connectivity index (χ4n) is 2.88. The van der Waals surface area contributed by atoms with E-state index in [0.29, 0.717) is 12.1 Å². The molecule has 0 bridgehead atoms. The van der Waals surface area contributed by atoms with Gasteiger partial charge in [0.1, 0.15) is 6.67 Å². The lowest BCUT2D eigenvalue weighted by Crippen LogP contribution is -2.61. The van der Waals surface area contributed by atoms with Crippen LogP contribution in [0.1, 0.15) is 23.6 Å². The second kappa shape index (κ2) is 6.94. The van der Waals surface area contributed by atoms with Crippen molar-refractivity contribution in [1.82, 2.24) is 15.2 Å². The number of alkyl halides is 6. The molecule has 1 amide bonds. The molecule has 3 rings (SSSR count). The minimum absolute atomic E-state index is 0.0390. The van der Waals surface area contributed by atoms with Crippen LogP contribution in [0.2, 0.25) is 0 Å². The Hall–Kier alpha value is -2.76. The number of aliphatic hydroxyl groups is 1. The molecule has 1 aromatic carbocycles. The van der Waals surface area contributed by atoms with E-state index in [1.807, 2.05) is 0 Å². The van der Waals surface area contributed by atoms with Crippen molar-refractivity contribution in [2.24, 2.45) is 5.10 Å². The Bertz CT molecular complexity index is 835. The van der Waals surface area contributed by atoms with Gasteiger partial charge in [-0.1, -0.05) is 0 Å². The molecule has 29 heavy (non-hydrogen) atoms. The van der Waals surface area contributed by atoms with E-state index in [0.717, 1.165) is 6.08 Å². The van der Waals surface area contributed by atoms with Crippen LogP contribution < -0.4 is 5.32 Å². The maximum atomic E-state index is 13.0. The third kappa shape index (κ3) is 4.81. The number of amides is 1. The van der Waals surface area contributed by atoms with Crippen molar-refractivity contribution in [3.05, 3.63) is 47.2 Å². The highest BCUT2D eigenvalue weighted by molar-refractivity contribution is 5.99. The number of nitrogens with one attached hydrogen (secondary N) is 1. The molecule has 2 aliphatic rings. The Balaban J connectivity index is 1.79. The highest BCUT2D eigenvalue weighted by atomic mass is 19.4. The van der Waals surface area contributed by atoms with Gasteiger partial charge >= 0.3 is 12.4 Å². The molecule has 1 fully saturated rings. The van der Waals surface area contributed by atoms with Crippen molar-refractivity contribution < 1.29 is 36.2 Å². The average Bonchev–Trinajstić information content (AvgIpc) is 3.04. The molecule has 0 radical (unpaired) electrons. The predicted octanol–water partition coefficient (Wildman–Crippen LogP) is 2.36. The van der Waals surface area contributed by atoms with Gasteiger partial charge in [0, 0.05) is 17.8 Å². The molecule has 2 heterocycles. The number of amidine groups is 1. The van der Waals surface area contributed by atoms with Crippen LogP contribution >= 0.6 is 0 Å². The monoisotopic (exact) mass is 422 g/mol. The van der Waals surface area contributed by atoms with E-state index >= 15 is 0 Å². The van der Waals surface area contributed by atoms with Gasteiger partial charge in [-0.2, -0.15) is 31.4 Å². The van der Waals surface area contributed by atoms with Crippen LogP contribution in [0.25, 0.3) is 0 Å². The van der Waals surface area contributed by atoms with E-state index in [9.17, 15) is 36.2 Å². The zero-order valence-electron chi connectivity index (χ0n) is 15.0. The standard InChI is InChI=1S/C17H16F6N4O2/c1-15(29)7-26(8-15)13(28)2-3-27-9-24-14(25-27)10-4-11(16(18,19)20)6-12(5-10)17(21,22)23/h2-6,29H,7-9H2,1H3,(H,24,25)/b3-2-. The molecular weight excluding hydrogens is 406 g/mol. The lowest BCUT2D eigenvalue weighted by Gasteiger charge is -2.43. The van der Waals surface area contributed by atoms with Gasteiger partial charge in [-0.3, -0.25) is 9.80 Å². The summed E-state index contributed by atoms with van der Waals surface area (Å²) in [5.41, 5.74) is -4.21. The zero-order valence-corrected chi connectivity index (χ0v) is 15.0. The Morgan fingerprint density at radius 2 is 1.69 bits per heavy atom. The summed E-state index contributed by atoms with van der Waals surface area (Å²) in [6.45, 7) is 1.85. The largest absolute Gasteiger partial charge is 0.416 e. The van der Waals surface area contributed by atoms with Gasteiger partial charge in [0.05, 0.1) is 29.8 Å². The summed E-state index contributed by atoms with van der Waals surface area (Å²) in [6, 6.07) is 1.18. The van der Waals surface area contributed by atoms with Crippen molar-refractivity contribution in [2.75, 3.05) is 19.8 Å². The Morgan fingerprint density at radius 1 is 1.14 bits per heavy atom. The number of likely N-dealkylation sites (tertiary alicyclic amines) is 1. The van der Waals surface area contributed by atoms with Crippen LogP contribution in [0.5, 0.6) is 0 Å². The smallest absolute Gasteiger partial charge is 0.386 e. The van der Waals surface area contributed by atoms with E-state index in [4.69, 9.17) is 0 Å². The SMILES string of the molecule is CC1(O)CN(C(=O)/C=C\N2CNC(c3cc(C(F)(F)F)cc(C(F)(F)F)c3)=N2)C1. The molecule has 0 atom stereocenters. The molecule has 0 aliphatic carbocycles. The lowest BCUT2D eigenvalue weighted by molar-refractivity contribution is -0.147. The Labute approximate surface area is 161 Å². The quantitative estimate of drug-likeness (QED) is 0.580. The summed E-state index contributed by atoms with van der Waals surface area (Å²) >= 11 is 0. The molecule has 12 heteroatoms. The van der Waals surface area contributed by atoms with Crippen molar-refractivity contribution in [3.8, 4) is 0 Å². The third-order valence-electron chi connectivity index (χ3n) is 4.26. The van der Waals surface area contributed by atoms with Gasteiger partial charge in [-0.25, -0.2) is 0 Å². The molecule has 1 saturated heterocycles. The molecule has 158 valence electrons. The van der Waals surface area contributed by atoms with E-state index < -0.39 is 35.0 Å². The van der Waals surface area contributed by atoms with E-state index in [2.05, 4.69) is 10.4 Å². The molecule has 0 aromatic heterocycles. The van der Waals surface area contributed by atoms with Gasteiger partial charge in [-0.05, 0) is 25.1 Å². The minimum atomic E-state index is -4.96. The molecule has 0 unspecified atom stereocenters. The van der Waals surface area contributed by atoms with Crippen molar-refractivity contribution >= 4 is 11.7 Å². The number of rotatable bonds is 3. The van der Waals surface area contributed by atoms with E-state index in [-0.39, 0.29) is 37.2 Å². The molecule has 1 aromatic rings. The number of carbonyl (C=O) groups is 1. The van der Waals surface area contributed by atoms with Crippen LogP contribution in [0.4, 0.5) is 26.3 Å². The van der Waals surface area contributed by atoms with Crippen molar-refractivity contribution in [3.63, 3.8) is 0 Å². The molecule has 6 nitrogen and oxygen atoms in total. The maximum absolute atomic E-state index is 13.0. The molecule has 0 spiro atoms. The highest BCUT2D eigenvalue weighted by Crippen LogP contribution is 2.36. The van der Waals surface area contributed by atoms with E-state index in [1.54, 1.807) is 6.92 Å². The summed E-state index contributed by atoms with van der Waals surface area (Å²) in [5, 5.41) is 17.3. The summed E-state index contributed by atoms with van der Waals surface area (Å²) in [6.07, 6.45) is -7.52. The Morgan fingerprint density at radius 3 is 2.17 bits per heavy atom. The van der Waals surface area contributed by atoms with Crippen LogP contribution in [0.15, 0.2) is 35.6 Å². The number of carbonyl (C=O) groups excluding carboxylic acids is 1. The van der Waals surface area contributed by atoms with Gasteiger partial charge in [0.25, 0.3) is 0 Å². The molecule has 0 saturated carbocycles. The number of benzene rings is 1. The predicted molar refractivity (Wildman–Crippen MR) is 89.2 cm³/mol. The third-order valence-corrected chi connectivity index (χ3v) is 4.26. The number of hydrazone groups is 1. The topological polar surface area (TPSA) is 68.2 Å². The second-order valence-corrected chi connectivity index (χ2v) is 7.02. The van der Waals surface area contributed by atoms with Crippen molar-refractivity contribution in [1.29, 1.82) is 0 Å². The van der Waals surface area contributed by atoms with Gasteiger partial charge in [0.15, 0.2) is 5.84 Å². The summed E-state index contributed by atoms with van der Waals surface area (Å²) in [4.78, 5) is 13.3. The fourth-order valence-corrected chi connectivity index (χ4v) is 2.88. The van der Waals surface area contributed by atoms with E-state index in [1.165, 1.54) is 16.1 Å². The van der Waals surface area contributed by atoms with Crippen LogP contribution in [0, 0.1) is 0 Å². The first-order chi connectivity index (χ1) is 13.2. The number of halogens is 6. The lowest BCUT2D eigenvalue weighted by atomic mass is 9.97. The van der Waals surface area contributed by atoms with Crippen LogP contribution in [-0.4, -0.2) is 52.1 Å². The minimum Gasteiger partial charge on any atom is -0.386 e. The summed E-state index contributed by atoms with van der Waals surface area (Å²) in [7, 11) is 0. The summed E-state index contributed by atoms with van der Waals surface area (Å²) in [5.74, 6) is -0.593. The number of hydrogen-bond acceptors (Lipinski definition) is 5. The van der Waals surface area contributed by atoms with Crippen molar-refractivity contribution in [2.45, 2.75) is 24.9 Å². The van der Waals surface area contributed by atoms with Gasteiger partial charge < -0.3 is 15.3 Å². The van der Waals surface area contributed by atoms with Crippen LogP contribution in [0.3, 0.4) is 0 Å². The molecule has 2 N–H and O–H groups in total. The maximum Gasteiger partial charge on any atom is 0.416 e. The number of nitrogens with zero attached hydrogens (tertiary/aromatic N) is 3. The molecule has 2 aliphatic heterocycles. The number of hydrogen-bond donors (Lipinski definition) is 2. The second-order valence-electron chi connectivity index (χ2n) is 7.02. The summed E-state index contributed by atoms with van der Waals surface area (Å²) < 4.78 is 77.8. The Kier molecular flexibility index (Phi) is 5.01. The van der Waals surface area contributed by atoms with Crippen LogP contribution in [-0.2, 0) is 17.1 Å². The van der Waals surface area contributed by atoms with Gasteiger partial charge in [-0.15, -0.1) is 0 Å². The fraction of sp³-hybridized carbons (Fsp3) is 0.412. The van der Waals surface area contributed by atoms with Gasteiger partial charge in [0.2, 0.25) is 5.91 Å². The average molecular weight is 422 g/mol. The first kappa shape index (κ1) is 21.0. The molecular formula is C17H16F6N4O2. The first-order valence-corrected chi connectivity index (χ1v) is 8.33.